The molecule has 0 aliphatic carbocycles. The van der Waals surface area contributed by atoms with Gasteiger partial charge >= 0.3 is 0 Å². The lowest BCUT2D eigenvalue weighted by Crippen LogP contribution is -2.27. The molecular weight excluding hydrogens is 264 g/mol. The van der Waals surface area contributed by atoms with Crippen molar-refractivity contribution in [1.82, 2.24) is 15.0 Å². The smallest absolute Gasteiger partial charge is 0.231 e. The molecule has 6 heteroatoms. The molecule has 3 rings (SSSR count). The molecule has 0 bridgehead atoms. The fraction of sp³-hybridized carbons (Fsp3) is 0.800. The molecule has 21 heavy (non-hydrogen) atoms. The monoisotopic (exact) mass is 290 g/mol. The van der Waals surface area contributed by atoms with Crippen LogP contribution in [-0.4, -0.2) is 48.2 Å². The highest BCUT2D eigenvalue weighted by atomic mass is 15.4. The van der Waals surface area contributed by atoms with Gasteiger partial charge in [-0.15, -0.1) is 0 Å². The van der Waals surface area contributed by atoms with E-state index in [0.29, 0.717) is 5.95 Å². The van der Waals surface area contributed by atoms with E-state index in [1.54, 1.807) is 0 Å². The van der Waals surface area contributed by atoms with Gasteiger partial charge in [-0.2, -0.15) is 15.0 Å². The predicted octanol–water partition coefficient (Wildman–Crippen LogP) is 2.00. The first-order valence-corrected chi connectivity index (χ1v) is 8.11. The molecule has 3 heterocycles. The van der Waals surface area contributed by atoms with Crippen LogP contribution in [0.5, 0.6) is 0 Å². The quantitative estimate of drug-likeness (QED) is 0.915. The first kappa shape index (κ1) is 14.4. The van der Waals surface area contributed by atoms with Crippen LogP contribution in [-0.2, 0) is 0 Å². The summed E-state index contributed by atoms with van der Waals surface area (Å²) < 4.78 is 0. The summed E-state index contributed by atoms with van der Waals surface area (Å²) in [6.45, 7) is 8.83. The van der Waals surface area contributed by atoms with Gasteiger partial charge in [0.1, 0.15) is 0 Å². The Hall–Kier alpha value is -1.59. The summed E-state index contributed by atoms with van der Waals surface area (Å²) in [5.41, 5.74) is 0. The number of aromatic nitrogens is 3. The molecule has 2 fully saturated rings. The molecule has 1 atom stereocenters. The summed E-state index contributed by atoms with van der Waals surface area (Å²) in [4.78, 5) is 18.4. The van der Waals surface area contributed by atoms with Crippen LogP contribution in [0.3, 0.4) is 0 Å². The number of hydrogen-bond donors (Lipinski definition) is 1. The Labute approximate surface area is 127 Å². The molecule has 0 spiro atoms. The average Bonchev–Trinajstić information content (AvgIpc) is 3.18. The summed E-state index contributed by atoms with van der Waals surface area (Å²) in [5, 5.41) is 3.07. The van der Waals surface area contributed by atoms with Gasteiger partial charge in [-0.3, -0.25) is 0 Å². The lowest BCUT2D eigenvalue weighted by Gasteiger charge is -2.21. The van der Waals surface area contributed by atoms with Crippen LogP contribution < -0.4 is 15.1 Å². The van der Waals surface area contributed by atoms with Crippen LogP contribution in [0.4, 0.5) is 17.8 Å². The molecule has 1 N–H and O–H groups in total. The summed E-state index contributed by atoms with van der Waals surface area (Å²) in [5.74, 6) is 3.80. The van der Waals surface area contributed by atoms with Crippen LogP contribution >= 0.6 is 0 Å². The van der Waals surface area contributed by atoms with Crippen molar-refractivity contribution in [2.75, 3.05) is 48.3 Å². The number of nitrogens with one attached hydrogen (secondary N) is 1. The number of anilines is 3. The van der Waals surface area contributed by atoms with Crippen molar-refractivity contribution < 1.29 is 0 Å². The van der Waals surface area contributed by atoms with Gasteiger partial charge in [0, 0.05) is 33.2 Å². The molecule has 1 aromatic heterocycles. The zero-order valence-electron chi connectivity index (χ0n) is 13.3. The largest absolute Gasteiger partial charge is 0.357 e. The van der Waals surface area contributed by atoms with E-state index >= 15 is 0 Å². The molecule has 0 amide bonds. The second-order valence-electron chi connectivity index (χ2n) is 6.44. The van der Waals surface area contributed by atoms with Gasteiger partial charge in [0.2, 0.25) is 17.8 Å². The SMILES string of the molecule is CNc1nc(N2CCCC2)nc(N2CCC(C(C)C)C2)n1. The maximum absolute atomic E-state index is 4.73. The van der Waals surface area contributed by atoms with Crippen LogP contribution in [0.1, 0.15) is 33.1 Å². The molecule has 0 radical (unpaired) electrons. The number of rotatable bonds is 4. The Bertz CT molecular complexity index is 483. The lowest BCUT2D eigenvalue weighted by atomic mass is 9.95. The second kappa shape index (κ2) is 6.03. The van der Waals surface area contributed by atoms with Gasteiger partial charge in [-0.1, -0.05) is 13.8 Å². The zero-order chi connectivity index (χ0) is 14.8. The molecular formula is C15H26N6. The van der Waals surface area contributed by atoms with E-state index < -0.39 is 0 Å². The Balaban J connectivity index is 1.82. The zero-order valence-corrected chi connectivity index (χ0v) is 13.3. The maximum atomic E-state index is 4.73. The van der Waals surface area contributed by atoms with Gasteiger partial charge in [0.25, 0.3) is 0 Å². The Morgan fingerprint density at radius 3 is 2.24 bits per heavy atom. The third-order valence-electron chi connectivity index (χ3n) is 4.67. The van der Waals surface area contributed by atoms with Gasteiger partial charge < -0.3 is 15.1 Å². The van der Waals surface area contributed by atoms with Crippen LogP contribution in [0.25, 0.3) is 0 Å². The molecule has 1 unspecified atom stereocenters. The van der Waals surface area contributed by atoms with E-state index in [1.807, 2.05) is 7.05 Å². The molecule has 0 saturated carbocycles. The van der Waals surface area contributed by atoms with Crippen molar-refractivity contribution >= 4 is 17.8 Å². The molecule has 2 aliphatic rings. The first-order valence-electron chi connectivity index (χ1n) is 8.11. The lowest BCUT2D eigenvalue weighted by molar-refractivity contribution is 0.422. The highest BCUT2D eigenvalue weighted by Crippen LogP contribution is 2.28. The second-order valence-corrected chi connectivity index (χ2v) is 6.44. The van der Waals surface area contributed by atoms with Crippen LogP contribution in [0.2, 0.25) is 0 Å². The van der Waals surface area contributed by atoms with E-state index in [4.69, 9.17) is 4.98 Å². The van der Waals surface area contributed by atoms with Gasteiger partial charge in [0.05, 0.1) is 0 Å². The van der Waals surface area contributed by atoms with E-state index in [2.05, 4.69) is 38.9 Å². The van der Waals surface area contributed by atoms with Crippen molar-refractivity contribution in [3.63, 3.8) is 0 Å². The van der Waals surface area contributed by atoms with Crippen molar-refractivity contribution in [3.05, 3.63) is 0 Å². The highest BCUT2D eigenvalue weighted by molar-refractivity contribution is 5.46. The van der Waals surface area contributed by atoms with Crippen LogP contribution in [0, 0.1) is 11.8 Å². The normalized spacial score (nSPS) is 22.4. The van der Waals surface area contributed by atoms with Crippen molar-refractivity contribution in [3.8, 4) is 0 Å². The fourth-order valence-electron chi connectivity index (χ4n) is 3.18. The average molecular weight is 290 g/mol. The fourth-order valence-corrected chi connectivity index (χ4v) is 3.18. The third-order valence-corrected chi connectivity index (χ3v) is 4.67. The Morgan fingerprint density at radius 2 is 1.67 bits per heavy atom. The molecule has 116 valence electrons. The summed E-state index contributed by atoms with van der Waals surface area (Å²) in [6.07, 6.45) is 3.70. The molecule has 2 saturated heterocycles. The molecule has 6 nitrogen and oxygen atoms in total. The van der Waals surface area contributed by atoms with Crippen molar-refractivity contribution in [1.29, 1.82) is 0 Å². The van der Waals surface area contributed by atoms with E-state index in [-0.39, 0.29) is 0 Å². The van der Waals surface area contributed by atoms with E-state index in [0.717, 1.165) is 49.9 Å². The minimum absolute atomic E-state index is 0.676. The van der Waals surface area contributed by atoms with Gasteiger partial charge in [0.15, 0.2) is 0 Å². The minimum atomic E-state index is 0.676. The molecule has 0 aromatic carbocycles. The number of nitrogens with zero attached hydrogens (tertiary/aromatic N) is 5. The molecule has 1 aromatic rings. The highest BCUT2D eigenvalue weighted by Gasteiger charge is 2.28. The summed E-state index contributed by atoms with van der Waals surface area (Å²) >= 11 is 0. The standard InChI is InChI=1S/C15H26N6/c1-11(2)12-6-9-21(10-12)15-18-13(16-3)17-14(19-15)20-7-4-5-8-20/h11-12H,4-10H2,1-3H3,(H,16,17,18,19). The Morgan fingerprint density at radius 1 is 1.00 bits per heavy atom. The van der Waals surface area contributed by atoms with Crippen molar-refractivity contribution in [2.45, 2.75) is 33.1 Å². The Kier molecular flexibility index (Phi) is 4.12. The van der Waals surface area contributed by atoms with E-state index in [9.17, 15) is 0 Å². The summed E-state index contributed by atoms with van der Waals surface area (Å²) in [6, 6.07) is 0. The van der Waals surface area contributed by atoms with Gasteiger partial charge in [-0.05, 0) is 31.1 Å². The minimum Gasteiger partial charge on any atom is -0.357 e. The predicted molar refractivity (Wildman–Crippen MR) is 86.0 cm³/mol. The van der Waals surface area contributed by atoms with Gasteiger partial charge in [-0.25, -0.2) is 0 Å². The van der Waals surface area contributed by atoms with Crippen LogP contribution in [0.15, 0.2) is 0 Å². The van der Waals surface area contributed by atoms with E-state index in [1.165, 1.54) is 19.3 Å². The van der Waals surface area contributed by atoms with Crippen molar-refractivity contribution in [2.24, 2.45) is 11.8 Å². The number of hydrogen-bond acceptors (Lipinski definition) is 6. The molecule has 2 aliphatic heterocycles. The summed E-state index contributed by atoms with van der Waals surface area (Å²) in [7, 11) is 1.87. The third kappa shape index (κ3) is 3.04. The topological polar surface area (TPSA) is 57.2 Å². The first-order chi connectivity index (χ1) is 10.2. The maximum Gasteiger partial charge on any atom is 0.231 e.